The van der Waals surface area contributed by atoms with Crippen molar-refractivity contribution < 1.29 is 9.63 Å². The average Bonchev–Trinajstić information content (AvgIpc) is 2.88. The van der Waals surface area contributed by atoms with Crippen molar-refractivity contribution in [2.24, 2.45) is 0 Å². The summed E-state index contributed by atoms with van der Waals surface area (Å²) in [6.45, 7) is 1.55. The molecule has 4 rings (SSSR count). The number of pyridine rings is 1. The third-order valence-corrected chi connectivity index (χ3v) is 5.14. The third-order valence-electron chi connectivity index (χ3n) is 5.14. The fourth-order valence-corrected chi connectivity index (χ4v) is 3.38. The standard InChI is InChI=1S/C27H26N4O2/c32-27(24-11-5-7-13-26(24)30-19-22-14-16-28-17-15-22)31-33-20-23-10-4-6-12-25(23)29-18-21-8-2-1-3-9-21/h1-17,29-30H,18-20H2,(H,31,32). The Kier molecular flexibility index (Phi) is 7.65. The quantitative estimate of drug-likeness (QED) is 0.298. The molecule has 0 saturated heterocycles. The number of hydrogen-bond acceptors (Lipinski definition) is 5. The van der Waals surface area contributed by atoms with Crippen LogP contribution in [0.4, 0.5) is 11.4 Å². The highest BCUT2D eigenvalue weighted by molar-refractivity contribution is 5.99. The maximum Gasteiger partial charge on any atom is 0.276 e. The van der Waals surface area contributed by atoms with Gasteiger partial charge in [0.1, 0.15) is 6.61 Å². The highest BCUT2D eigenvalue weighted by atomic mass is 16.6. The molecule has 0 unspecified atom stereocenters. The van der Waals surface area contributed by atoms with Crippen LogP contribution in [0.1, 0.15) is 27.0 Å². The van der Waals surface area contributed by atoms with E-state index in [2.05, 4.69) is 33.2 Å². The van der Waals surface area contributed by atoms with E-state index in [9.17, 15) is 4.79 Å². The molecular formula is C27H26N4O2. The summed E-state index contributed by atoms with van der Waals surface area (Å²) in [4.78, 5) is 22.4. The van der Waals surface area contributed by atoms with Gasteiger partial charge in [-0.3, -0.25) is 14.6 Å². The largest absolute Gasteiger partial charge is 0.381 e. The number of para-hydroxylation sites is 2. The number of hydroxylamine groups is 1. The second kappa shape index (κ2) is 11.5. The van der Waals surface area contributed by atoms with Gasteiger partial charge in [-0.2, -0.15) is 0 Å². The van der Waals surface area contributed by atoms with Gasteiger partial charge in [0, 0.05) is 42.4 Å². The Labute approximate surface area is 193 Å². The lowest BCUT2D eigenvalue weighted by Crippen LogP contribution is -2.24. The fraction of sp³-hybridized carbons (Fsp3) is 0.111. The lowest BCUT2D eigenvalue weighted by Gasteiger charge is -2.14. The van der Waals surface area contributed by atoms with Gasteiger partial charge in [-0.15, -0.1) is 0 Å². The van der Waals surface area contributed by atoms with Crippen molar-refractivity contribution in [1.82, 2.24) is 10.5 Å². The van der Waals surface area contributed by atoms with Crippen LogP contribution in [-0.4, -0.2) is 10.9 Å². The first kappa shape index (κ1) is 22.0. The van der Waals surface area contributed by atoms with Crippen molar-refractivity contribution in [2.45, 2.75) is 19.7 Å². The number of nitrogens with one attached hydrogen (secondary N) is 3. The number of aromatic nitrogens is 1. The maximum absolute atomic E-state index is 12.8. The number of benzene rings is 3. The Morgan fingerprint density at radius 2 is 1.30 bits per heavy atom. The molecule has 0 aliphatic carbocycles. The molecule has 0 saturated carbocycles. The summed E-state index contributed by atoms with van der Waals surface area (Å²) in [5, 5.41) is 6.74. The van der Waals surface area contributed by atoms with Gasteiger partial charge >= 0.3 is 0 Å². The van der Waals surface area contributed by atoms with E-state index in [-0.39, 0.29) is 12.5 Å². The molecule has 6 heteroatoms. The predicted molar refractivity (Wildman–Crippen MR) is 130 cm³/mol. The van der Waals surface area contributed by atoms with Crippen LogP contribution in [0.2, 0.25) is 0 Å². The number of nitrogens with zero attached hydrogens (tertiary/aromatic N) is 1. The molecular weight excluding hydrogens is 412 g/mol. The monoisotopic (exact) mass is 438 g/mol. The highest BCUT2D eigenvalue weighted by Gasteiger charge is 2.11. The molecule has 0 aliphatic heterocycles. The van der Waals surface area contributed by atoms with Gasteiger partial charge in [-0.05, 0) is 41.5 Å². The Hall–Kier alpha value is -4.16. The minimum atomic E-state index is -0.303. The van der Waals surface area contributed by atoms with Gasteiger partial charge in [0.15, 0.2) is 0 Å². The first-order valence-corrected chi connectivity index (χ1v) is 10.8. The SMILES string of the molecule is O=C(NOCc1ccccc1NCc1ccccc1)c1ccccc1NCc1ccncc1. The zero-order valence-electron chi connectivity index (χ0n) is 18.2. The number of carbonyl (C=O) groups is 1. The van der Waals surface area contributed by atoms with Gasteiger partial charge in [0.05, 0.1) is 5.56 Å². The van der Waals surface area contributed by atoms with E-state index >= 15 is 0 Å². The van der Waals surface area contributed by atoms with Crippen molar-refractivity contribution in [3.8, 4) is 0 Å². The van der Waals surface area contributed by atoms with Gasteiger partial charge in [0.25, 0.3) is 5.91 Å². The molecule has 33 heavy (non-hydrogen) atoms. The zero-order valence-corrected chi connectivity index (χ0v) is 18.2. The molecule has 1 amide bonds. The number of hydrogen-bond donors (Lipinski definition) is 3. The first-order valence-electron chi connectivity index (χ1n) is 10.8. The molecule has 0 fully saturated rings. The molecule has 166 valence electrons. The van der Waals surface area contributed by atoms with E-state index in [4.69, 9.17) is 4.84 Å². The van der Waals surface area contributed by atoms with Crippen molar-refractivity contribution in [3.63, 3.8) is 0 Å². The Bertz CT molecular complexity index is 1170. The van der Waals surface area contributed by atoms with Crippen LogP contribution in [0.5, 0.6) is 0 Å². The van der Waals surface area contributed by atoms with E-state index in [1.165, 1.54) is 5.56 Å². The smallest absolute Gasteiger partial charge is 0.276 e. The molecule has 3 aromatic carbocycles. The second-order valence-corrected chi connectivity index (χ2v) is 7.47. The normalized spacial score (nSPS) is 10.4. The molecule has 1 heterocycles. The van der Waals surface area contributed by atoms with E-state index in [0.717, 1.165) is 22.5 Å². The van der Waals surface area contributed by atoms with Crippen molar-refractivity contribution in [1.29, 1.82) is 0 Å². The van der Waals surface area contributed by atoms with Crippen molar-refractivity contribution >= 4 is 17.3 Å². The number of rotatable bonds is 10. The van der Waals surface area contributed by atoms with Crippen LogP contribution in [0.25, 0.3) is 0 Å². The summed E-state index contributed by atoms with van der Waals surface area (Å²) < 4.78 is 0. The Morgan fingerprint density at radius 1 is 0.697 bits per heavy atom. The summed E-state index contributed by atoms with van der Waals surface area (Å²) in [6, 6.07) is 29.3. The molecule has 3 N–H and O–H groups in total. The van der Waals surface area contributed by atoms with Crippen LogP contribution >= 0.6 is 0 Å². The van der Waals surface area contributed by atoms with Crippen LogP contribution in [-0.2, 0) is 24.5 Å². The molecule has 0 atom stereocenters. The molecule has 0 aliphatic rings. The summed E-state index contributed by atoms with van der Waals surface area (Å²) in [5.41, 5.74) is 8.02. The Balaban J connectivity index is 1.33. The predicted octanol–water partition coefficient (Wildman–Crippen LogP) is 5.17. The molecule has 0 spiro atoms. The van der Waals surface area contributed by atoms with Crippen LogP contribution in [0.3, 0.4) is 0 Å². The Morgan fingerprint density at radius 3 is 2.09 bits per heavy atom. The zero-order chi connectivity index (χ0) is 22.7. The van der Waals surface area contributed by atoms with Crippen LogP contribution < -0.4 is 16.1 Å². The van der Waals surface area contributed by atoms with E-state index < -0.39 is 0 Å². The highest BCUT2D eigenvalue weighted by Crippen LogP contribution is 2.18. The summed E-state index contributed by atoms with van der Waals surface area (Å²) in [5.74, 6) is -0.303. The number of carbonyl (C=O) groups excluding carboxylic acids is 1. The summed E-state index contributed by atoms with van der Waals surface area (Å²) in [7, 11) is 0. The number of anilines is 2. The number of amides is 1. The summed E-state index contributed by atoms with van der Waals surface area (Å²) in [6.07, 6.45) is 3.49. The molecule has 0 bridgehead atoms. The minimum absolute atomic E-state index is 0.246. The first-order chi connectivity index (χ1) is 16.3. The van der Waals surface area contributed by atoms with E-state index in [1.54, 1.807) is 18.5 Å². The van der Waals surface area contributed by atoms with Crippen LogP contribution in [0.15, 0.2) is 103 Å². The van der Waals surface area contributed by atoms with E-state index in [1.807, 2.05) is 72.8 Å². The maximum atomic E-state index is 12.8. The minimum Gasteiger partial charge on any atom is -0.381 e. The molecule has 6 nitrogen and oxygen atoms in total. The topological polar surface area (TPSA) is 75.3 Å². The van der Waals surface area contributed by atoms with Gasteiger partial charge in [-0.1, -0.05) is 60.7 Å². The van der Waals surface area contributed by atoms with Gasteiger partial charge in [0.2, 0.25) is 0 Å². The molecule has 1 aromatic heterocycles. The fourth-order valence-electron chi connectivity index (χ4n) is 3.38. The van der Waals surface area contributed by atoms with Crippen LogP contribution in [0, 0.1) is 0 Å². The van der Waals surface area contributed by atoms with Crippen molar-refractivity contribution in [3.05, 3.63) is 126 Å². The molecule has 0 radical (unpaired) electrons. The lowest BCUT2D eigenvalue weighted by atomic mass is 10.1. The van der Waals surface area contributed by atoms with Gasteiger partial charge < -0.3 is 10.6 Å². The second-order valence-electron chi connectivity index (χ2n) is 7.47. The summed E-state index contributed by atoms with van der Waals surface area (Å²) >= 11 is 0. The third kappa shape index (κ3) is 6.41. The lowest BCUT2D eigenvalue weighted by molar-refractivity contribution is 0.0236. The van der Waals surface area contributed by atoms with Crippen molar-refractivity contribution in [2.75, 3.05) is 10.6 Å². The van der Waals surface area contributed by atoms with E-state index in [0.29, 0.717) is 18.7 Å². The average molecular weight is 439 g/mol. The van der Waals surface area contributed by atoms with Gasteiger partial charge in [-0.25, -0.2) is 5.48 Å². The molecule has 4 aromatic rings.